The number of aromatic amines is 1. The van der Waals surface area contributed by atoms with Gasteiger partial charge in [0.05, 0.1) is 5.69 Å². The van der Waals surface area contributed by atoms with Crippen molar-refractivity contribution in [2.24, 2.45) is 5.18 Å². The molecule has 88 valence electrons. The van der Waals surface area contributed by atoms with Gasteiger partial charge in [-0.15, -0.1) is 4.91 Å². The molecule has 0 radical (unpaired) electrons. The molecule has 0 aliphatic rings. The maximum absolute atomic E-state index is 10.8. The Morgan fingerprint density at radius 2 is 1.89 bits per heavy atom. The summed E-state index contributed by atoms with van der Waals surface area (Å²) in [7, 11) is 0. The molecule has 1 heterocycles. The standard InChI is InChI=1S/C14H11N3O/c1-9-13(17-18)14(16-15-9)12-7-6-10-4-2-3-5-11(10)8-12/h2-8H,1H3,(H,15,16). The summed E-state index contributed by atoms with van der Waals surface area (Å²) in [6.45, 7) is 1.79. The van der Waals surface area contributed by atoms with Crippen molar-refractivity contribution in [3.05, 3.63) is 53.1 Å². The van der Waals surface area contributed by atoms with E-state index in [9.17, 15) is 4.91 Å². The van der Waals surface area contributed by atoms with Crippen molar-refractivity contribution in [1.29, 1.82) is 0 Å². The highest BCUT2D eigenvalue weighted by molar-refractivity contribution is 5.88. The van der Waals surface area contributed by atoms with E-state index in [1.54, 1.807) is 6.92 Å². The summed E-state index contributed by atoms with van der Waals surface area (Å²) in [6, 6.07) is 14.1. The number of fused-ring (bicyclic) bond motifs is 1. The largest absolute Gasteiger partial charge is 0.280 e. The van der Waals surface area contributed by atoms with Gasteiger partial charge in [-0.25, -0.2) is 0 Å². The maximum Gasteiger partial charge on any atom is 0.156 e. The van der Waals surface area contributed by atoms with Crippen LogP contribution in [0.3, 0.4) is 0 Å². The van der Waals surface area contributed by atoms with Crippen LogP contribution in [0.25, 0.3) is 22.0 Å². The van der Waals surface area contributed by atoms with Crippen LogP contribution < -0.4 is 0 Å². The molecule has 0 atom stereocenters. The average Bonchev–Trinajstić information content (AvgIpc) is 2.79. The minimum absolute atomic E-state index is 0.380. The van der Waals surface area contributed by atoms with Gasteiger partial charge in [0.15, 0.2) is 5.69 Å². The second-order valence-corrected chi connectivity index (χ2v) is 4.20. The average molecular weight is 237 g/mol. The van der Waals surface area contributed by atoms with E-state index in [1.165, 1.54) is 0 Å². The summed E-state index contributed by atoms with van der Waals surface area (Å²) < 4.78 is 0. The second kappa shape index (κ2) is 4.07. The molecule has 0 saturated heterocycles. The number of H-pyrrole nitrogens is 1. The van der Waals surface area contributed by atoms with E-state index >= 15 is 0 Å². The van der Waals surface area contributed by atoms with Crippen LogP contribution in [0.1, 0.15) is 5.69 Å². The Bertz CT molecular complexity index is 731. The summed E-state index contributed by atoms with van der Waals surface area (Å²) in [6.07, 6.45) is 0. The molecule has 4 heteroatoms. The molecule has 0 aliphatic carbocycles. The van der Waals surface area contributed by atoms with Gasteiger partial charge in [0.1, 0.15) is 5.69 Å². The lowest BCUT2D eigenvalue weighted by Crippen LogP contribution is -1.80. The monoisotopic (exact) mass is 237 g/mol. The van der Waals surface area contributed by atoms with Gasteiger partial charge >= 0.3 is 0 Å². The van der Waals surface area contributed by atoms with E-state index in [2.05, 4.69) is 15.4 Å². The van der Waals surface area contributed by atoms with Gasteiger partial charge < -0.3 is 0 Å². The fourth-order valence-electron chi connectivity index (χ4n) is 2.07. The van der Waals surface area contributed by atoms with Gasteiger partial charge in [0.25, 0.3) is 0 Å². The zero-order valence-corrected chi connectivity index (χ0v) is 9.84. The maximum atomic E-state index is 10.8. The molecule has 18 heavy (non-hydrogen) atoms. The molecule has 0 unspecified atom stereocenters. The van der Waals surface area contributed by atoms with Crippen LogP contribution in [-0.4, -0.2) is 10.2 Å². The highest BCUT2D eigenvalue weighted by atomic mass is 16.3. The van der Waals surface area contributed by atoms with Crippen molar-refractivity contribution in [2.75, 3.05) is 0 Å². The van der Waals surface area contributed by atoms with Crippen LogP contribution in [0.15, 0.2) is 47.6 Å². The first-order chi connectivity index (χ1) is 8.79. The molecule has 0 aliphatic heterocycles. The third kappa shape index (κ3) is 1.59. The summed E-state index contributed by atoms with van der Waals surface area (Å²) in [5, 5.41) is 12.3. The van der Waals surface area contributed by atoms with Crippen LogP contribution in [0.4, 0.5) is 5.69 Å². The summed E-state index contributed by atoms with van der Waals surface area (Å²) in [5.41, 5.74) is 2.57. The molecule has 1 aromatic heterocycles. The number of nitrogens with one attached hydrogen (secondary N) is 1. The lowest BCUT2D eigenvalue weighted by atomic mass is 10.0. The molecule has 3 aromatic rings. The van der Waals surface area contributed by atoms with Crippen molar-refractivity contribution < 1.29 is 0 Å². The first kappa shape index (κ1) is 10.7. The number of aromatic nitrogens is 2. The third-order valence-corrected chi connectivity index (χ3v) is 3.03. The third-order valence-electron chi connectivity index (χ3n) is 3.03. The van der Waals surface area contributed by atoms with Gasteiger partial charge in [-0.2, -0.15) is 5.10 Å². The molecule has 0 amide bonds. The van der Waals surface area contributed by atoms with Gasteiger partial charge in [0.2, 0.25) is 0 Å². The highest BCUT2D eigenvalue weighted by Gasteiger charge is 2.12. The molecule has 0 saturated carbocycles. The van der Waals surface area contributed by atoms with E-state index in [1.807, 2.05) is 42.5 Å². The zero-order valence-electron chi connectivity index (χ0n) is 9.84. The second-order valence-electron chi connectivity index (χ2n) is 4.20. The van der Waals surface area contributed by atoms with E-state index in [0.717, 1.165) is 16.3 Å². The Hall–Kier alpha value is -2.49. The smallest absolute Gasteiger partial charge is 0.156 e. The van der Waals surface area contributed by atoms with Gasteiger partial charge in [0, 0.05) is 5.56 Å². The highest BCUT2D eigenvalue weighted by Crippen LogP contribution is 2.32. The zero-order chi connectivity index (χ0) is 12.5. The van der Waals surface area contributed by atoms with Crippen LogP contribution in [-0.2, 0) is 0 Å². The quantitative estimate of drug-likeness (QED) is 0.686. The molecule has 0 spiro atoms. The van der Waals surface area contributed by atoms with Gasteiger partial charge in [-0.3, -0.25) is 5.10 Å². The fourth-order valence-corrected chi connectivity index (χ4v) is 2.07. The molecule has 0 fully saturated rings. The SMILES string of the molecule is Cc1[nH]nc(-c2ccc3ccccc3c2)c1N=O. The van der Waals surface area contributed by atoms with Crippen molar-refractivity contribution in [3.8, 4) is 11.3 Å². The van der Waals surface area contributed by atoms with E-state index in [0.29, 0.717) is 17.1 Å². The molecule has 2 aromatic carbocycles. The van der Waals surface area contributed by atoms with Crippen molar-refractivity contribution >= 4 is 16.5 Å². The Balaban J connectivity index is 2.22. The van der Waals surface area contributed by atoms with Gasteiger partial charge in [-0.1, -0.05) is 36.4 Å². The van der Waals surface area contributed by atoms with Crippen LogP contribution >= 0.6 is 0 Å². The predicted molar refractivity (Wildman–Crippen MR) is 71.7 cm³/mol. The van der Waals surface area contributed by atoms with Gasteiger partial charge in [-0.05, 0) is 28.9 Å². The molecular formula is C14H11N3O. The number of hydrogen-bond donors (Lipinski definition) is 1. The predicted octanol–water partition coefficient (Wildman–Crippen LogP) is 3.94. The van der Waals surface area contributed by atoms with E-state index in [-0.39, 0.29) is 0 Å². The van der Waals surface area contributed by atoms with Crippen LogP contribution in [0.5, 0.6) is 0 Å². The van der Waals surface area contributed by atoms with Crippen molar-refractivity contribution in [1.82, 2.24) is 10.2 Å². The van der Waals surface area contributed by atoms with Crippen molar-refractivity contribution in [3.63, 3.8) is 0 Å². The first-order valence-electron chi connectivity index (χ1n) is 5.67. The summed E-state index contributed by atoms with van der Waals surface area (Å²) in [4.78, 5) is 10.8. The van der Waals surface area contributed by atoms with E-state index < -0.39 is 0 Å². The Labute approximate surface area is 104 Å². The molecule has 3 rings (SSSR count). The fraction of sp³-hybridized carbons (Fsp3) is 0.0714. The summed E-state index contributed by atoms with van der Waals surface area (Å²) >= 11 is 0. The number of rotatable bonds is 2. The number of nitrogens with zero attached hydrogens (tertiary/aromatic N) is 2. The van der Waals surface area contributed by atoms with Crippen LogP contribution in [0, 0.1) is 11.8 Å². The van der Waals surface area contributed by atoms with Crippen molar-refractivity contribution in [2.45, 2.75) is 6.92 Å². The lowest BCUT2D eigenvalue weighted by Gasteiger charge is -2.01. The number of benzene rings is 2. The Kier molecular flexibility index (Phi) is 2.41. The number of hydrogen-bond acceptors (Lipinski definition) is 3. The Morgan fingerprint density at radius 1 is 1.11 bits per heavy atom. The van der Waals surface area contributed by atoms with Crippen LogP contribution in [0.2, 0.25) is 0 Å². The topological polar surface area (TPSA) is 58.1 Å². The molecule has 0 bridgehead atoms. The van der Waals surface area contributed by atoms with E-state index in [4.69, 9.17) is 0 Å². The number of nitroso groups, excluding NO2 is 1. The molecular weight excluding hydrogens is 226 g/mol. The summed E-state index contributed by atoms with van der Waals surface area (Å²) in [5.74, 6) is 0. The first-order valence-corrected chi connectivity index (χ1v) is 5.67. The minimum Gasteiger partial charge on any atom is -0.280 e. The minimum atomic E-state index is 0.380. The Morgan fingerprint density at radius 3 is 2.67 bits per heavy atom. The normalized spacial score (nSPS) is 10.7. The lowest BCUT2D eigenvalue weighted by molar-refractivity contribution is 1.05. The number of aryl methyl sites for hydroxylation is 1. The molecule has 1 N–H and O–H groups in total. The molecule has 4 nitrogen and oxygen atoms in total.